The van der Waals surface area contributed by atoms with Crippen molar-refractivity contribution in [1.82, 2.24) is 15.0 Å². The van der Waals surface area contributed by atoms with Gasteiger partial charge < -0.3 is 0 Å². The minimum absolute atomic E-state index is 0.267. The highest BCUT2D eigenvalue weighted by Gasteiger charge is 2.50. The zero-order valence-electron chi connectivity index (χ0n) is 41.3. The van der Waals surface area contributed by atoms with Crippen LogP contribution in [0.4, 0.5) is 23.0 Å². The summed E-state index contributed by atoms with van der Waals surface area (Å²) in [7, 11) is -3.83. The maximum Gasteiger partial charge on any atom is 0.304 e. The molecular weight excluding hydrogens is 946 g/mol. The minimum atomic E-state index is -3.83. The molecule has 0 radical (unpaired) electrons. The number of benzene rings is 11. The van der Waals surface area contributed by atoms with E-state index in [9.17, 15) is 0 Å². The van der Waals surface area contributed by atoms with E-state index < -0.39 is 7.44 Å². The zero-order chi connectivity index (χ0) is 50.8. The van der Waals surface area contributed by atoms with Crippen LogP contribution in [-0.4, -0.2) is 15.0 Å². The number of hydrogen-bond donors (Lipinski definition) is 0. The molecule has 1 atom stereocenters. The standard InChI is InChI=1S/C69H48N5OP/c75-76(64-37-17-6-18-38-64)73(63-35-15-5-16-36-63)65-39-19-20-40-66(65)74(76)69-71-67(55-33-21-31-53(41-55)61-45-57(49-23-7-1-8-24-49)43-58(46-61)50-25-9-2-10-26-50)70-68(72-69)56-34-22-32-54(42-56)62-47-59(51-27-11-3-12-28-51)44-60(48-62)52-29-13-4-14-30-52/h1-48H. The molecule has 0 N–H and O–H groups in total. The lowest BCUT2D eigenvalue weighted by Gasteiger charge is -2.32. The predicted molar refractivity (Wildman–Crippen MR) is 314 cm³/mol. The number of fused-ring (bicyclic) bond motifs is 1. The first-order chi connectivity index (χ1) is 37.5. The van der Waals surface area contributed by atoms with Gasteiger partial charge in [-0.3, -0.25) is 9.24 Å². The fourth-order valence-corrected chi connectivity index (χ4v) is 13.2. The molecule has 1 aromatic heterocycles. The second-order valence-electron chi connectivity index (χ2n) is 18.8. The third kappa shape index (κ3) is 8.77. The molecule has 1 aliphatic rings. The summed E-state index contributed by atoms with van der Waals surface area (Å²) < 4.78 is 20.7. The fourth-order valence-electron chi connectivity index (χ4n) is 10.3. The Morgan fingerprint density at radius 1 is 0.250 bits per heavy atom. The van der Waals surface area contributed by atoms with E-state index in [-0.39, 0.29) is 5.95 Å². The molecule has 0 aliphatic carbocycles. The lowest BCUT2D eigenvalue weighted by Crippen LogP contribution is -2.27. The number of hydrogen-bond acceptors (Lipinski definition) is 4. The summed E-state index contributed by atoms with van der Waals surface area (Å²) >= 11 is 0. The summed E-state index contributed by atoms with van der Waals surface area (Å²) in [5.41, 5.74) is 17.0. The number of rotatable bonds is 11. The van der Waals surface area contributed by atoms with Gasteiger partial charge in [0.15, 0.2) is 11.6 Å². The van der Waals surface area contributed by atoms with Crippen LogP contribution in [0.25, 0.3) is 89.5 Å². The summed E-state index contributed by atoms with van der Waals surface area (Å²) in [6, 6.07) is 100.0. The average Bonchev–Trinajstić information content (AvgIpc) is 3.98. The minimum Gasteiger partial charge on any atom is -0.270 e. The molecule has 7 heteroatoms. The van der Waals surface area contributed by atoms with E-state index in [2.05, 4.69) is 170 Å². The Bertz CT molecular complexity index is 3780. The largest absolute Gasteiger partial charge is 0.304 e. The summed E-state index contributed by atoms with van der Waals surface area (Å²) in [6.45, 7) is 0. The van der Waals surface area contributed by atoms with E-state index in [1.807, 2.05) is 131 Å². The molecule has 0 bridgehead atoms. The van der Waals surface area contributed by atoms with Crippen LogP contribution < -0.4 is 14.6 Å². The van der Waals surface area contributed by atoms with Gasteiger partial charge in [0.1, 0.15) is 0 Å². The van der Waals surface area contributed by atoms with Crippen molar-refractivity contribution in [1.29, 1.82) is 0 Å². The van der Waals surface area contributed by atoms with Gasteiger partial charge in [-0.15, -0.1) is 0 Å². The van der Waals surface area contributed by atoms with Crippen LogP contribution in [0.1, 0.15) is 0 Å². The SMILES string of the molecule is O=P1(c2ccccc2)N(c2ccccc2)c2ccccc2N1c1nc(-c2cccc(-c3cc(-c4ccccc4)cc(-c4ccccc4)c3)c2)nc(-c2cccc(-c3cc(-c4ccccc4)cc(-c4ccccc4)c3)c2)n1. The van der Waals surface area contributed by atoms with Crippen LogP contribution in [0.15, 0.2) is 291 Å². The zero-order valence-corrected chi connectivity index (χ0v) is 42.2. The molecule has 1 aliphatic heterocycles. The molecule has 6 nitrogen and oxygen atoms in total. The molecule has 2 heterocycles. The van der Waals surface area contributed by atoms with Gasteiger partial charge in [0, 0.05) is 16.8 Å². The number of anilines is 4. The Morgan fingerprint density at radius 3 is 0.934 bits per heavy atom. The summed E-state index contributed by atoms with van der Waals surface area (Å²) in [4.78, 5) is 16.2. The van der Waals surface area contributed by atoms with Crippen LogP contribution >= 0.6 is 7.44 Å². The van der Waals surface area contributed by atoms with E-state index in [4.69, 9.17) is 15.0 Å². The molecule has 76 heavy (non-hydrogen) atoms. The average molecular weight is 994 g/mol. The molecule has 0 amide bonds. The van der Waals surface area contributed by atoms with Crippen LogP contribution in [-0.2, 0) is 4.57 Å². The van der Waals surface area contributed by atoms with E-state index in [0.717, 1.165) is 95.0 Å². The Morgan fingerprint density at radius 2 is 0.539 bits per heavy atom. The number of aromatic nitrogens is 3. The van der Waals surface area contributed by atoms with E-state index >= 15 is 4.57 Å². The molecule has 0 fully saturated rings. The lowest BCUT2D eigenvalue weighted by molar-refractivity contribution is 0.582. The van der Waals surface area contributed by atoms with Crippen molar-refractivity contribution in [2.24, 2.45) is 0 Å². The second-order valence-corrected chi connectivity index (χ2v) is 21.2. The van der Waals surface area contributed by atoms with Gasteiger partial charge in [-0.25, -0.2) is 9.65 Å². The molecule has 0 saturated heterocycles. The normalized spacial score (nSPS) is 13.8. The van der Waals surface area contributed by atoms with Crippen molar-refractivity contribution in [3.8, 4) is 89.5 Å². The quantitative estimate of drug-likeness (QED) is 0.120. The highest BCUT2D eigenvalue weighted by atomic mass is 31.2. The Kier molecular flexibility index (Phi) is 12.1. The molecule has 11 aromatic carbocycles. The van der Waals surface area contributed by atoms with E-state index in [0.29, 0.717) is 17.0 Å². The molecular formula is C69H48N5OP. The third-order valence-corrected chi connectivity index (χ3v) is 16.9. The Hall–Kier alpha value is -9.74. The van der Waals surface area contributed by atoms with Gasteiger partial charge in [-0.05, 0) is 152 Å². The lowest BCUT2D eigenvalue weighted by atomic mass is 9.92. The first-order valence-electron chi connectivity index (χ1n) is 25.4. The third-order valence-electron chi connectivity index (χ3n) is 14.0. The summed E-state index contributed by atoms with van der Waals surface area (Å²) in [5.74, 6) is 1.16. The smallest absolute Gasteiger partial charge is 0.270 e. The van der Waals surface area contributed by atoms with Gasteiger partial charge in [0.25, 0.3) is 0 Å². The van der Waals surface area contributed by atoms with Crippen molar-refractivity contribution in [2.45, 2.75) is 0 Å². The maximum absolute atomic E-state index is 16.9. The molecule has 13 rings (SSSR count). The predicted octanol–water partition coefficient (Wildman–Crippen LogP) is 18.0. The van der Waals surface area contributed by atoms with Crippen molar-refractivity contribution in [3.63, 3.8) is 0 Å². The van der Waals surface area contributed by atoms with Crippen molar-refractivity contribution >= 4 is 35.8 Å². The molecule has 0 saturated carbocycles. The number of nitrogens with zero attached hydrogens (tertiary/aromatic N) is 5. The van der Waals surface area contributed by atoms with Crippen LogP contribution in [0.3, 0.4) is 0 Å². The highest BCUT2D eigenvalue weighted by molar-refractivity contribution is 7.76. The number of para-hydroxylation sites is 3. The topological polar surface area (TPSA) is 62.2 Å². The van der Waals surface area contributed by atoms with Gasteiger partial charge in [-0.1, -0.05) is 206 Å². The van der Waals surface area contributed by atoms with Crippen molar-refractivity contribution < 1.29 is 4.57 Å². The van der Waals surface area contributed by atoms with Gasteiger partial charge in [0.2, 0.25) is 5.95 Å². The molecule has 360 valence electrons. The van der Waals surface area contributed by atoms with E-state index in [1.54, 1.807) is 0 Å². The summed E-state index contributed by atoms with van der Waals surface area (Å²) in [5, 5.41) is 0.641. The van der Waals surface area contributed by atoms with E-state index in [1.165, 1.54) is 0 Å². The first kappa shape index (κ1) is 46.1. The molecule has 1 unspecified atom stereocenters. The fraction of sp³-hybridized carbons (Fsp3) is 0. The maximum atomic E-state index is 16.9. The van der Waals surface area contributed by atoms with Crippen LogP contribution in [0, 0.1) is 0 Å². The Labute approximate surface area is 443 Å². The first-order valence-corrected chi connectivity index (χ1v) is 27.1. The van der Waals surface area contributed by atoms with Crippen molar-refractivity contribution in [3.05, 3.63) is 291 Å². The highest BCUT2D eigenvalue weighted by Crippen LogP contribution is 2.69. The Balaban J connectivity index is 1.01. The van der Waals surface area contributed by atoms with Crippen LogP contribution in [0.5, 0.6) is 0 Å². The monoisotopic (exact) mass is 993 g/mol. The second kappa shape index (κ2) is 19.9. The molecule has 0 spiro atoms. The van der Waals surface area contributed by atoms with Gasteiger partial charge >= 0.3 is 7.44 Å². The van der Waals surface area contributed by atoms with Gasteiger partial charge in [0.05, 0.1) is 16.7 Å². The molecule has 12 aromatic rings. The van der Waals surface area contributed by atoms with Gasteiger partial charge in [-0.2, -0.15) is 9.97 Å². The van der Waals surface area contributed by atoms with Crippen molar-refractivity contribution in [2.75, 3.05) is 9.34 Å². The van der Waals surface area contributed by atoms with Crippen LogP contribution in [0.2, 0.25) is 0 Å². The summed E-state index contributed by atoms with van der Waals surface area (Å²) in [6.07, 6.45) is 0.